The van der Waals surface area contributed by atoms with Gasteiger partial charge in [-0.25, -0.2) is 4.79 Å². The molecule has 0 spiro atoms. The van der Waals surface area contributed by atoms with Crippen LogP contribution in [0, 0.1) is 11.8 Å². The van der Waals surface area contributed by atoms with Gasteiger partial charge >= 0.3 is 6.09 Å². The van der Waals surface area contributed by atoms with Crippen molar-refractivity contribution in [3.05, 3.63) is 29.3 Å². The van der Waals surface area contributed by atoms with Crippen LogP contribution in [0.15, 0.2) is 18.2 Å². The summed E-state index contributed by atoms with van der Waals surface area (Å²) < 4.78 is 5.41. The summed E-state index contributed by atoms with van der Waals surface area (Å²) in [6.45, 7) is 5.65. The summed E-state index contributed by atoms with van der Waals surface area (Å²) in [6, 6.07) is 5.83. The average Bonchev–Trinajstić information content (AvgIpc) is 2.64. The molecule has 1 unspecified atom stereocenters. The minimum absolute atomic E-state index is 0.171. The molecule has 2 N–H and O–H groups in total. The molecule has 22 heavy (non-hydrogen) atoms. The third-order valence-electron chi connectivity index (χ3n) is 4.76. The van der Waals surface area contributed by atoms with E-state index in [2.05, 4.69) is 5.32 Å². The van der Waals surface area contributed by atoms with Crippen LogP contribution in [0.4, 0.5) is 4.79 Å². The molecule has 1 amide bonds. The van der Waals surface area contributed by atoms with Gasteiger partial charge in [-0.15, -0.1) is 0 Å². The lowest BCUT2D eigenvalue weighted by Crippen LogP contribution is -2.44. The highest BCUT2D eigenvalue weighted by Gasteiger charge is 2.40. The highest BCUT2D eigenvalue weighted by molar-refractivity contribution is 5.68. The van der Waals surface area contributed by atoms with Crippen LogP contribution in [-0.4, -0.2) is 22.8 Å². The molecule has 1 aromatic carbocycles. The maximum atomic E-state index is 12.1. The Hall–Kier alpha value is -1.71. The quantitative estimate of drug-likeness (QED) is 0.836. The average molecular weight is 303 g/mol. The zero-order valence-corrected chi connectivity index (χ0v) is 13.6. The van der Waals surface area contributed by atoms with Gasteiger partial charge in [0, 0.05) is 6.04 Å². The Morgan fingerprint density at radius 2 is 1.82 bits per heavy atom. The summed E-state index contributed by atoms with van der Waals surface area (Å²) in [4.78, 5) is 12.1. The summed E-state index contributed by atoms with van der Waals surface area (Å²) in [5.41, 5.74) is 2.06. The van der Waals surface area contributed by atoms with Crippen molar-refractivity contribution >= 4 is 6.09 Å². The van der Waals surface area contributed by atoms with Gasteiger partial charge in [0.1, 0.15) is 11.4 Å². The molecule has 4 nitrogen and oxygen atoms in total. The third kappa shape index (κ3) is 3.21. The van der Waals surface area contributed by atoms with E-state index in [-0.39, 0.29) is 12.1 Å². The van der Waals surface area contributed by atoms with Crippen LogP contribution in [0.2, 0.25) is 0 Å². The van der Waals surface area contributed by atoms with Gasteiger partial charge < -0.3 is 15.2 Å². The van der Waals surface area contributed by atoms with E-state index < -0.39 is 5.60 Å². The number of ether oxygens (including phenoxy) is 1. The number of rotatable bonds is 1. The van der Waals surface area contributed by atoms with E-state index in [0.717, 1.165) is 25.7 Å². The summed E-state index contributed by atoms with van der Waals surface area (Å²) in [7, 11) is 0. The number of hydrogen-bond donors (Lipinski definition) is 2. The van der Waals surface area contributed by atoms with Crippen molar-refractivity contribution in [1.82, 2.24) is 5.32 Å². The molecule has 0 heterocycles. The van der Waals surface area contributed by atoms with Crippen molar-refractivity contribution < 1.29 is 14.6 Å². The van der Waals surface area contributed by atoms with Crippen LogP contribution in [0.25, 0.3) is 0 Å². The zero-order chi connectivity index (χ0) is 15.9. The largest absolute Gasteiger partial charge is 0.508 e. The van der Waals surface area contributed by atoms with Crippen LogP contribution in [0.1, 0.15) is 44.7 Å². The standard InChI is InChI=1S/C18H25NO3/c1-18(2,3)22-17(21)19-16-12-4-5-13(16)9-14-10-15(20)7-6-11(14)8-12/h6-7,10,12-13,16,20H,4-5,8-9H2,1-3H3,(H,19,21)/t12?,13-,16+/m1/s1. The number of phenols is 1. The van der Waals surface area contributed by atoms with Crippen molar-refractivity contribution in [3.8, 4) is 5.75 Å². The number of amides is 1. The molecule has 0 aromatic heterocycles. The van der Waals surface area contributed by atoms with Crippen molar-refractivity contribution in [3.63, 3.8) is 0 Å². The van der Waals surface area contributed by atoms with Crippen molar-refractivity contribution in [1.29, 1.82) is 0 Å². The molecule has 0 radical (unpaired) electrons. The number of carbonyl (C=O) groups is 1. The second-order valence-electron chi connectivity index (χ2n) is 7.63. The van der Waals surface area contributed by atoms with Crippen molar-refractivity contribution in [2.75, 3.05) is 0 Å². The van der Waals surface area contributed by atoms with E-state index in [4.69, 9.17) is 4.74 Å². The van der Waals surface area contributed by atoms with E-state index in [1.807, 2.05) is 32.9 Å². The molecular formula is C18H25NO3. The summed E-state index contributed by atoms with van der Waals surface area (Å²) in [5, 5.41) is 12.8. The van der Waals surface area contributed by atoms with Gasteiger partial charge in [-0.3, -0.25) is 0 Å². The van der Waals surface area contributed by atoms with E-state index in [1.54, 1.807) is 6.07 Å². The van der Waals surface area contributed by atoms with Crippen LogP contribution < -0.4 is 5.32 Å². The first-order valence-electron chi connectivity index (χ1n) is 8.12. The topological polar surface area (TPSA) is 58.6 Å². The highest BCUT2D eigenvalue weighted by atomic mass is 16.6. The van der Waals surface area contributed by atoms with Gasteiger partial charge in [0.15, 0.2) is 0 Å². The number of phenolic OH excluding ortho intramolecular Hbond substituents is 1. The van der Waals surface area contributed by atoms with Gasteiger partial charge in [0.05, 0.1) is 0 Å². The Bertz CT molecular complexity index is 576. The predicted molar refractivity (Wildman–Crippen MR) is 84.9 cm³/mol. The van der Waals surface area contributed by atoms with E-state index in [9.17, 15) is 9.90 Å². The van der Waals surface area contributed by atoms with Gasteiger partial charge in [0.2, 0.25) is 0 Å². The molecule has 120 valence electrons. The van der Waals surface area contributed by atoms with E-state index in [1.165, 1.54) is 11.1 Å². The fourth-order valence-corrected chi connectivity index (χ4v) is 3.88. The maximum Gasteiger partial charge on any atom is 0.407 e. The highest BCUT2D eigenvalue weighted by Crippen LogP contribution is 2.40. The summed E-state index contributed by atoms with van der Waals surface area (Å²) in [6.07, 6.45) is 3.84. The number of benzene rings is 1. The molecule has 2 aliphatic carbocycles. The number of hydrogen-bond acceptors (Lipinski definition) is 3. The van der Waals surface area contributed by atoms with Gasteiger partial charge in [-0.1, -0.05) is 6.07 Å². The molecule has 2 bridgehead atoms. The maximum absolute atomic E-state index is 12.1. The predicted octanol–water partition coefficient (Wildman–Crippen LogP) is 3.41. The zero-order valence-electron chi connectivity index (χ0n) is 13.6. The van der Waals surface area contributed by atoms with Crippen LogP contribution in [-0.2, 0) is 17.6 Å². The minimum atomic E-state index is -0.470. The van der Waals surface area contributed by atoms with Crippen molar-refractivity contribution in [2.45, 2.75) is 58.1 Å². The molecule has 1 aromatic rings. The Kier molecular flexibility index (Phi) is 3.79. The van der Waals surface area contributed by atoms with E-state index >= 15 is 0 Å². The number of nitrogens with one attached hydrogen (secondary N) is 1. The van der Waals surface area contributed by atoms with E-state index in [0.29, 0.717) is 17.6 Å². The summed E-state index contributed by atoms with van der Waals surface area (Å²) in [5.74, 6) is 1.22. The number of aromatic hydroxyl groups is 1. The second-order valence-corrected chi connectivity index (χ2v) is 7.63. The third-order valence-corrected chi connectivity index (χ3v) is 4.76. The lowest BCUT2D eigenvalue weighted by Gasteiger charge is -2.26. The molecule has 0 saturated heterocycles. The first kappa shape index (κ1) is 15.2. The molecular weight excluding hydrogens is 278 g/mol. The SMILES string of the molecule is CC(C)(C)OC(=O)N[C@H]1C2CC[C@@H]1Cc1cc(O)ccc1C2. The fraction of sp³-hybridized carbons (Fsp3) is 0.611. The Morgan fingerprint density at radius 1 is 1.18 bits per heavy atom. The smallest absolute Gasteiger partial charge is 0.407 e. The van der Waals surface area contributed by atoms with Gasteiger partial charge in [0.25, 0.3) is 0 Å². The first-order chi connectivity index (χ1) is 10.3. The number of alkyl carbamates (subject to hydrolysis) is 1. The molecule has 3 atom stereocenters. The van der Waals surface area contributed by atoms with Crippen LogP contribution in [0.3, 0.4) is 0 Å². The van der Waals surface area contributed by atoms with Crippen LogP contribution >= 0.6 is 0 Å². The van der Waals surface area contributed by atoms with Gasteiger partial charge in [-0.05, 0) is 81.5 Å². The summed E-state index contributed by atoms with van der Waals surface area (Å²) >= 11 is 0. The molecule has 1 fully saturated rings. The molecule has 4 heteroatoms. The van der Waals surface area contributed by atoms with Gasteiger partial charge in [-0.2, -0.15) is 0 Å². The molecule has 0 aliphatic heterocycles. The lowest BCUT2D eigenvalue weighted by atomic mass is 9.93. The Balaban J connectivity index is 1.75. The second kappa shape index (κ2) is 5.49. The molecule has 3 rings (SSSR count). The number of carbonyl (C=O) groups excluding carboxylic acids is 1. The Morgan fingerprint density at radius 3 is 2.45 bits per heavy atom. The Labute approximate surface area is 131 Å². The molecule has 1 saturated carbocycles. The molecule has 2 aliphatic rings. The monoisotopic (exact) mass is 303 g/mol. The normalized spacial score (nSPS) is 27.0. The van der Waals surface area contributed by atoms with Crippen LogP contribution in [0.5, 0.6) is 5.75 Å². The minimum Gasteiger partial charge on any atom is -0.508 e. The van der Waals surface area contributed by atoms with Crippen molar-refractivity contribution in [2.24, 2.45) is 11.8 Å². The number of fused-ring (bicyclic) bond motifs is 3. The fourth-order valence-electron chi connectivity index (χ4n) is 3.88. The first-order valence-corrected chi connectivity index (χ1v) is 8.12. The lowest BCUT2D eigenvalue weighted by molar-refractivity contribution is 0.0479.